The van der Waals surface area contributed by atoms with E-state index in [1.807, 2.05) is 12.1 Å². The van der Waals surface area contributed by atoms with E-state index in [2.05, 4.69) is 15.2 Å². The Balaban J connectivity index is 1.28. The summed E-state index contributed by atoms with van der Waals surface area (Å²) in [6.07, 6.45) is 1.48. The molecule has 0 unspecified atom stereocenters. The first kappa shape index (κ1) is 23.5. The van der Waals surface area contributed by atoms with Crippen LogP contribution in [0.25, 0.3) is 10.8 Å². The van der Waals surface area contributed by atoms with Crippen molar-refractivity contribution in [2.45, 2.75) is 25.4 Å². The molecule has 5 rings (SSSR count). The Hall–Kier alpha value is -4.27. The highest BCUT2D eigenvalue weighted by Crippen LogP contribution is 2.23. The van der Waals surface area contributed by atoms with Gasteiger partial charge in [-0.3, -0.25) is 9.59 Å². The van der Waals surface area contributed by atoms with Crippen molar-refractivity contribution in [3.63, 3.8) is 0 Å². The number of amides is 1. The number of halogens is 1. The molecule has 36 heavy (non-hydrogen) atoms. The lowest BCUT2D eigenvalue weighted by Crippen LogP contribution is -2.42. The van der Waals surface area contributed by atoms with Gasteiger partial charge in [0.25, 0.3) is 11.5 Å². The Morgan fingerprint density at radius 1 is 1.06 bits per heavy atom. The highest BCUT2D eigenvalue weighted by atomic mass is 19.1. The van der Waals surface area contributed by atoms with Crippen molar-refractivity contribution in [1.82, 2.24) is 20.1 Å². The molecule has 1 fully saturated rings. The van der Waals surface area contributed by atoms with E-state index in [0.29, 0.717) is 55.2 Å². The van der Waals surface area contributed by atoms with Crippen LogP contribution in [-0.2, 0) is 6.42 Å². The molecule has 3 heterocycles. The van der Waals surface area contributed by atoms with Gasteiger partial charge in [0.05, 0.1) is 23.8 Å². The van der Waals surface area contributed by atoms with Gasteiger partial charge in [-0.05, 0) is 23.8 Å². The van der Waals surface area contributed by atoms with Gasteiger partial charge in [0, 0.05) is 49.9 Å². The van der Waals surface area contributed by atoms with Gasteiger partial charge in [-0.15, -0.1) is 0 Å². The molecule has 2 aromatic carbocycles. The quantitative estimate of drug-likeness (QED) is 0.444. The predicted molar refractivity (Wildman–Crippen MR) is 132 cm³/mol. The van der Waals surface area contributed by atoms with E-state index in [9.17, 15) is 14.0 Å². The van der Waals surface area contributed by atoms with E-state index in [1.54, 1.807) is 54.5 Å². The monoisotopic (exact) mass is 488 g/mol. The number of carbonyl (C=O) groups excluding carboxylic acids is 1. The SMILES string of the molecule is COc1cccc(OC2CCN(C(=O)c3cc(Cc4n[nH]c(=O)c5ccccc45)ccc3F)CC2)n1. The number of hydrogen-bond donors (Lipinski definition) is 1. The maximum absolute atomic E-state index is 14.7. The molecule has 1 aliphatic rings. The molecule has 0 saturated carbocycles. The number of H-pyrrole nitrogens is 1. The number of ether oxygens (including phenoxy) is 2. The number of aromatic amines is 1. The molecular weight excluding hydrogens is 463 g/mol. The Morgan fingerprint density at radius 3 is 2.58 bits per heavy atom. The number of nitrogens with zero attached hydrogens (tertiary/aromatic N) is 3. The van der Waals surface area contributed by atoms with Gasteiger partial charge in [0.2, 0.25) is 11.8 Å². The fourth-order valence-corrected chi connectivity index (χ4v) is 4.44. The van der Waals surface area contributed by atoms with Crippen LogP contribution in [0.2, 0.25) is 0 Å². The first-order valence-electron chi connectivity index (χ1n) is 11.7. The normalized spacial score (nSPS) is 14.1. The van der Waals surface area contributed by atoms with Gasteiger partial charge < -0.3 is 14.4 Å². The molecule has 4 aromatic rings. The van der Waals surface area contributed by atoms with Crippen LogP contribution in [-0.4, -0.2) is 52.3 Å². The second-order valence-electron chi connectivity index (χ2n) is 8.66. The fourth-order valence-electron chi connectivity index (χ4n) is 4.44. The number of likely N-dealkylation sites (tertiary alicyclic amines) is 1. The average molecular weight is 489 g/mol. The van der Waals surface area contributed by atoms with E-state index in [1.165, 1.54) is 6.07 Å². The summed E-state index contributed by atoms with van der Waals surface area (Å²) in [5.74, 6) is 0.0235. The van der Waals surface area contributed by atoms with Gasteiger partial charge in [0.1, 0.15) is 11.9 Å². The zero-order valence-corrected chi connectivity index (χ0v) is 19.7. The molecule has 1 aliphatic heterocycles. The number of fused-ring (bicyclic) bond motifs is 1. The summed E-state index contributed by atoms with van der Waals surface area (Å²) in [7, 11) is 1.55. The Morgan fingerprint density at radius 2 is 1.81 bits per heavy atom. The summed E-state index contributed by atoms with van der Waals surface area (Å²) in [6, 6.07) is 17.0. The molecule has 8 nitrogen and oxygen atoms in total. The van der Waals surface area contributed by atoms with Crippen molar-refractivity contribution < 1.29 is 18.7 Å². The van der Waals surface area contributed by atoms with Crippen LogP contribution in [0.15, 0.2) is 65.5 Å². The Bertz CT molecular complexity index is 1460. The number of methoxy groups -OCH3 is 1. The van der Waals surface area contributed by atoms with Gasteiger partial charge in [-0.25, -0.2) is 9.49 Å². The predicted octanol–water partition coefficient (Wildman–Crippen LogP) is 3.74. The second-order valence-corrected chi connectivity index (χ2v) is 8.66. The smallest absolute Gasteiger partial charge is 0.272 e. The molecule has 1 N–H and O–H groups in total. The van der Waals surface area contributed by atoms with E-state index in [4.69, 9.17) is 9.47 Å². The maximum atomic E-state index is 14.7. The first-order valence-corrected chi connectivity index (χ1v) is 11.7. The summed E-state index contributed by atoms with van der Waals surface area (Å²) >= 11 is 0. The van der Waals surface area contributed by atoms with Crippen LogP contribution in [0, 0.1) is 5.82 Å². The average Bonchev–Trinajstić information content (AvgIpc) is 2.91. The van der Waals surface area contributed by atoms with Gasteiger partial charge in [-0.1, -0.05) is 30.3 Å². The Kier molecular flexibility index (Phi) is 6.62. The molecule has 1 amide bonds. The minimum absolute atomic E-state index is 0.0232. The van der Waals surface area contributed by atoms with Crippen molar-refractivity contribution >= 4 is 16.7 Å². The summed E-state index contributed by atoms with van der Waals surface area (Å²) in [6.45, 7) is 0.895. The van der Waals surface area contributed by atoms with Crippen LogP contribution in [0.3, 0.4) is 0 Å². The molecular formula is C27H25FN4O4. The third-order valence-electron chi connectivity index (χ3n) is 6.33. The zero-order chi connectivity index (χ0) is 25.1. The topological polar surface area (TPSA) is 97.4 Å². The van der Waals surface area contributed by atoms with Gasteiger partial charge >= 0.3 is 0 Å². The van der Waals surface area contributed by atoms with Crippen LogP contribution in [0.5, 0.6) is 11.8 Å². The number of rotatable bonds is 6. The third-order valence-corrected chi connectivity index (χ3v) is 6.33. The highest BCUT2D eigenvalue weighted by molar-refractivity contribution is 5.95. The van der Waals surface area contributed by atoms with Crippen molar-refractivity contribution in [3.05, 3.63) is 93.7 Å². The number of aromatic nitrogens is 3. The standard InChI is InChI=1S/C27H25FN4O4/c1-35-24-7-4-8-25(29-24)36-18-11-13-32(14-12-18)27(34)21-15-17(9-10-22(21)28)16-23-19-5-2-3-6-20(19)26(33)31-30-23/h2-10,15,18H,11-14,16H2,1H3,(H,31,33). The first-order chi connectivity index (χ1) is 17.5. The van der Waals surface area contributed by atoms with E-state index in [-0.39, 0.29) is 23.1 Å². The number of hydrogen-bond acceptors (Lipinski definition) is 6. The van der Waals surface area contributed by atoms with E-state index < -0.39 is 5.82 Å². The van der Waals surface area contributed by atoms with Crippen molar-refractivity contribution in [3.8, 4) is 11.8 Å². The van der Waals surface area contributed by atoms with Crippen molar-refractivity contribution in [2.24, 2.45) is 0 Å². The number of benzene rings is 2. The maximum Gasteiger partial charge on any atom is 0.272 e. The van der Waals surface area contributed by atoms with Gasteiger partial charge in [0.15, 0.2) is 0 Å². The van der Waals surface area contributed by atoms with Crippen molar-refractivity contribution in [2.75, 3.05) is 20.2 Å². The summed E-state index contributed by atoms with van der Waals surface area (Å²) in [5.41, 5.74) is 1.14. The zero-order valence-electron chi connectivity index (χ0n) is 19.7. The van der Waals surface area contributed by atoms with Gasteiger partial charge in [-0.2, -0.15) is 10.1 Å². The molecule has 9 heteroatoms. The molecule has 1 saturated heterocycles. The van der Waals surface area contributed by atoms with Crippen LogP contribution < -0.4 is 15.0 Å². The largest absolute Gasteiger partial charge is 0.481 e. The molecule has 0 radical (unpaired) electrons. The molecule has 2 aromatic heterocycles. The van der Waals surface area contributed by atoms with Crippen LogP contribution in [0.4, 0.5) is 4.39 Å². The summed E-state index contributed by atoms with van der Waals surface area (Å²) in [4.78, 5) is 31.2. The number of pyridine rings is 1. The minimum Gasteiger partial charge on any atom is -0.481 e. The molecule has 0 spiro atoms. The summed E-state index contributed by atoms with van der Waals surface area (Å²) in [5, 5.41) is 7.97. The summed E-state index contributed by atoms with van der Waals surface area (Å²) < 4.78 is 25.8. The van der Waals surface area contributed by atoms with Crippen LogP contribution >= 0.6 is 0 Å². The third kappa shape index (κ3) is 4.91. The lowest BCUT2D eigenvalue weighted by molar-refractivity contribution is 0.0583. The lowest BCUT2D eigenvalue weighted by Gasteiger charge is -2.32. The molecule has 0 atom stereocenters. The number of carbonyl (C=O) groups is 1. The number of piperidine rings is 1. The highest BCUT2D eigenvalue weighted by Gasteiger charge is 2.27. The van der Waals surface area contributed by atoms with Crippen LogP contribution in [0.1, 0.15) is 34.5 Å². The molecule has 0 bridgehead atoms. The minimum atomic E-state index is -0.568. The fraction of sp³-hybridized carbons (Fsp3) is 0.259. The Labute approximate surface area is 206 Å². The molecule has 184 valence electrons. The second kappa shape index (κ2) is 10.2. The van der Waals surface area contributed by atoms with Crippen molar-refractivity contribution in [1.29, 1.82) is 0 Å². The van der Waals surface area contributed by atoms with E-state index in [0.717, 1.165) is 10.9 Å². The lowest BCUT2D eigenvalue weighted by atomic mass is 10.0. The number of nitrogens with one attached hydrogen (secondary N) is 1. The molecule has 0 aliphatic carbocycles. The van der Waals surface area contributed by atoms with E-state index >= 15 is 0 Å².